The highest BCUT2D eigenvalue weighted by Gasteiger charge is 2.27. The summed E-state index contributed by atoms with van der Waals surface area (Å²) in [5.74, 6) is 0.768. The quantitative estimate of drug-likeness (QED) is 0.744. The zero-order valence-electron chi connectivity index (χ0n) is 8.52. The van der Waals surface area contributed by atoms with Gasteiger partial charge >= 0.3 is 0 Å². The topological polar surface area (TPSA) is 33.2 Å². The van der Waals surface area contributed by atoms with Crippen molar-refractivity contribution in [3.63, 3.8) is 0 Å². The van der Waals surface area contributed by atoms with E-state index in [1.54, 1.807) is 11.7 Å². The van der Waals surface area contributed by atoms with E-state index in [-0.39, 0.29) is 5.91 Å². The molecular weight excluding hydrogens is 276 g/mol. The first kappa shape index (κ1) is 11.1. The number of hydrogen-bond acceptors (Lipinski definition) is 3. The van der Waals surface area contributed by atoms with Crippen LogP contribution in [0.25, 0.3) is 0 Å². The van der Waals surface area contributed by atoms with E-state index >= 15 is 0 Å². The lowest BCUT2D eigenvalue weighted by Gasteiger charge is -2.33. The minimum Gasteiger partial charge on any atom is -0.337 e. The largest absolute Gasteiger partial charge is 0.337 e. The van der Waals surface area contributed by atoms with Gasteiger partial charge in [0.05, 0.1) is 11.7 Å². The Morgan fingerprint density at radius 2 is 2.53 bits per heavy atom. The van der Waals surface area contributed by atoms with Crippen molar-refractivity contribution >= 4 is 33.2 Å². The zero-order chi connectivity index (χ0) is 10.8. The van der Waals surface area contributed by atoms with Crippen molar-refractivity contribution in [2.24, 2.45) is 5.92 Å². The smallest absolute Gasteiger partial charge is 0.265 e. The second-order valence-electron chi connectivity index (χ2n) is 3.90. The standard InChI is InChI=1S/C10H13BrN2OS/c1-7-2-3-13(5-8(7)11)10(14)9-4-12-6-15-9/h4,6-8H,2-3,5H2,1H3. The van der Waals surface area contributed by atoms with Crippen LogP contribution in [0.5, 0.6) is 0 Å². The summed E-state index contributed by atoms with van der Waals surface area (Å²) < 4.78 is 0. The summed E-state index contributed by atoms with van der Waals surface area (Å²) in [4.78, 5) is 19.0. The highest BCUT2D eigenvalue weighted by molar-refractivity contribution is 9.09. The molecule has 0 bridgehead atoms. The summed E-state index contributed by atoms with van der Waals surface area (Å²) in [5.41, 5.74) is 1.70. The summed E-state index contributed by atoms with van der Waals surface area (Å²) in [6, 6.07) is 0. The van der Waals surface area contributed by atoms with Crippen molar-refractivity contribution in [3.05, 3.63) is 16.6 Å². The number of aromatic nitrogens is 1. The summed E-state index contributed by atoms with van der Waals surface area (Å²) in [7, 11) is 0. The first-order valence-corrected chi connectivity index (χ1v) is 6.80. The fourth-order valence-corrected chi connectivity index (χ4v) is 2.88. The number of alkyl halides is 1. The van der Waals surface area contributed by atoms with Gasteiger partial charge in [-0.15, -0.1) is 11.3 Å². The van der Waals surface area contributed by atoms with Crippen LogP contribution in [0.1, 0.15) is 23.0 Å². The second-order valence-corrected chi connectivity index (χ2v) is 5.96. The Labute approximate surface area is 102 Å². The lowest BCUT2D eigenvalue weighted by Crippen LogP contribution is -2.43. The van der Waals surface area contributed by atoms with Gasteiger partial charge in [-0.3, -0.25) is 9.78 Å². The molecule has 5 heteroatoms. The van der Waals surface area contributed by atoms with Crippen molar-refractivity contribution in [1.29, 1.82) is 0 Å². The monoisotopic (exact) mass is 288 g/mol. The van der Waals surface area contributed by atoms with Crippen molar-refractivity contribution < 1.29 is 4.79 Å². The van der Waals surface area contributed by atoms with Crippen LogP contribution in [0.3, 0.4) is 0 Å². The number of carbonyl (C=O) groups excluding carboxylic acids is 1. The van der Waals surface area contributed by atoms with E-state index in [1.165, 1.54) is 11.3 Å². The Hall–Kier alpha value is -0.420. The molecule has 2 rings (SSSR count). The molecule has 2 atom stereocenters. The van der Waals surface area contributed by atoms with E-state index < -0.39 is 0 Å². The van der Waals surface area contributed by atoms with Gasteiger partial charge in [-0.25, -0.2) is 0 Å². The number of likely N-dealkylation sites (tertiary alicyclic amines) is 1. The fourth-order valence-electron chi connectivity index (χ4n) is 1.68. The Balaban J connectivity index is 2.03. The Kier molecular flexibility index (Phi) is 3.41. The molecule has 0 N–H and O–H groups in total. The van der Waals surface area contributed by atoms with Gasteiger partial charge in [0.2, 0.25) is 0 Å². The molecule has 82 valence electrons. The van der Waals surface area contributed by atoms with Crippen LogP contribution < -0.4 is 0 Å². The molecule has 15 heavy (non-hydrogen) atoms. The van der Waals surface area contributed by atoms with Crippen molar-refractivity contribution in [2.45, 2.75) is 18.2 Å². The Morgan fingerprint density at radius 1 is 1.73 bits per heavy atom. The number of thiazole rings is 1. The molecule has 1 aromatic rings. The van der Waals surface area contributed by atoms with Gasteiger partial charge in [0.15, 0.2) is 0 Å². The average Bonchev–Trinajstić information content (AvgIpc) is 2.74. The van der Waals surface area contributed by atoms with Crippen LogP contribution in [0, 0.1) is 5.92 Å². The molecule has 0 saturated carbocycles. The van der Waals surface area contributed by atoms with E-state index in [1.807, 2.05) is 4.90 Å². The SMILES string of the molecule is CC1CCN(C(=O)c2cncs2)CC1Br. The number of amides is 1. The number of hydrogen-bond donors (Lipinski definition) is 0. The number of piperidine rings is 1. The minimum atomic E-state index is 0.119. The number of nitrogens with zero attached hydrogens (tertiary/aromatic N) is 2. The predicted octanol–water partition coefficient (Wildman–Crippen LogP) is 2.39. The highest BCUT2D eigenvalue weighted by Crippen LogP contribution is 2.24. The molecular formula is C10H13BrN2OS. The normalized spacial score (nSPS) is 26.7. The lowest BCUT2D eigenvalue weighted by molar-refractivity contribution is 0.0710. The first-order chi connectivity index (χ1) is 7.18. The van der Waals surface area contributed by atoms with Crippen LogP contribution in [0.2, 0.25) is 0 Å². The Morgan fingerprint density at radius 3 is 3.13 bits per heavy atom. The highest BCUT2D eigenvalue weighted by atomic mass is 79.9. The van der Waals surface area contributed by atoms with Gasteiger partial charge in [0, 0.05) is 17.9 Å². The van der Waals surface area contributed by atoms with Gasteiger partial charge < -0.3 is 4.90 Å². The second kappa shape index (κ2) is 4.61. The molecule has 3 nitrogen and oxygen atoms in total. The molecule has 1 saturated heterocycles. The van der Waals surface area contributed by atoms with E-state index in [9.17, 15) is 4.79 Å². The molecule has 0 aliphatic carbocycles. The molecule has 1 aliphatic heterocycles. The van der Waals surface area contributed by atoms with E-state index in [2.05, 4.69) is 27.8 Å². The number of carbonyl (C=O) groups is 1. The fraction of sp³-hybridized carbons (Fsp3) is 0.600. The maximum atomic E-state index is 12.0. The van der Waals surface area contributed by atoms with Crippen molar-refractivity contribution in [1.82, 2.24) is 9.88 Å². The summed E-state index contributed by atoms with van der Waals surface area (Å²) >= 11 is 5.03. The van der Waals surface area contributed by atoms with Gasteiger partial charge in [0.1, 0.15) is 4.88 Å². The molecule has 0 spiro atoms. The van der Waals surface area contributed by atoms with Gasteiger partial charge in [0.25, 0.3) is 5.91 Å². The van der Waals surface area contributed by atoms with E-state index in [0.717, 1.165) is 24.4 Å². The van der Waals surface area contributed by atoms with E-state index in [0.29, 0.717) is 10.7 Å². The van der Waals surface area contributed by atoms with Gasteiger partial charge in [-0.1, -0.05) is 22.9 Å². The lowest BCUT2D eigenvalue weighted by atomic mass is 9.99. The summed E-state index contributed by atoms with van der Waals surface area (Å²) in [5, 5.41) is 0. The van der Waals surface area contributed by atoms with Crippen LogP contribution in [0.15, 0.2) is 11.7 Å². The average molecular weight is 289 g/mol. The molecule has 1 fully saturated rings. The minimum absolute atomic E-state index is 0.119. The third-order valence-corrected chi connectivity index (χ3v) is 4.75. The molecule has 2 heterocycles. The summed E-state index contributed by atoms with van der Waals surface area (Å²) in [6.45, 7) is 3.88. The van der Waals surface area contributed by atoms with Crippen molar-refractivity contribution in [3.8, 4) is 0 Å². The third kappa shape index (κ3) is 2.39. The number of rotatable bonds is 1. The molecule has 1 aromatic heterocycles. The maximum absolute atomic E-state index is 12.0. The predicted molar refractivity (Wildman–Crippen MR) is 64.5 cm³/mol. The third-order valence-electron chi connectivity index (χ3n) is 2.80. The van der Waals surface area contributed by atoms with Crippen LogP contribution in [-0.4, -0.2) is 33.7 Å². The Bertz CT molecular complexity index is 341. The van der Waals surface area contributed by atoms with Crippen LogP contribution in [0.4, 0.5) is 0 Å². The van der Waals surface area contributed by atoms with Crippen LogP contribution >= 0.6 is 27.3 Å². The molecule has 0 radical (unpaired) electrons. The van der Waals surface area contributed by atoms with Gasteiger partial charge in [-0.2, -0.15) is 0 Å². The van der Waals surface area contributed by atoms with Crippen LogP contribution in [-0.2, 0) is 0 Å². The zero-order valence-corrected chi connectivity index (χ0v) is 10.9. The number of halogens is 1. The van der Waals surface area contributed by atoms with E-state index in [4.69, 9.17) is 0 Å². The molecule has 1 amide bonds. The maximum Gasteiger partial charge on any atom is 0.265 e. The molecule has 1 aliphatic rings. The van der Waals surface area contributed by atoms with Gasteiger partial charge in [-0.05, 0) is 12.3 Å². The first-order valence-electron chi connectivity index (χ1n) is 5.00. The molecule has 2 unspecified atom stereocenters. The molecule has 0 aromatic carbocycles. The summed E-state index contributed by atoms with van der Waals surface area (Å²) in [6.07, 6.45) is 2.72. The van der Waals surface area contributed by atoms with Crippen molar-refractivity contribution in [2.75, 3.05) is 13.1 Å².